The number of esters is 1. The van der Waals surface area contributed by atoms with Crippen molar-refractivity contribution >= 4 is 17.7 Å². The molecule has 0 spiro atoms. The number of ketones is 1. The Bertz CT molecular complexity index is 566. The molecule has 0 aliphatic carbocycles. The summed E-state index contributed by atoms with van der Waals surface area (Å²) in [6.07, 6.45) is 0.622. The van der Waals surface area contributed by atoms with Crippen LogP contribution in [0, 0.1) is 5.92 Å². The summed E-state index contributed by atoms with van der Waals surface area (Å²) in [5, 5.41) is 2.72. The van der Waals surface area contributed by atoms with E-state index >= 15 is 0 Å². The second-order valence-corrected chi connectivity index (χ2v) is 5.12. The minimum Gasteiger partial charge on any atom is -0.497 e. The molecule has 1 aromatic carbocycles. The van der Waals surface area contributed by atoms with Gasteiger partial charge in [0.05, 0.1) is 13.7 Å². The smallest absolute Gasteiger partial charge is 0.326 e. The van der Waals surface area contributed by atoms with E-state index in [1.54, 1.807) is 14.0 Å². The maximum absolute atomic E-state index is 12.1. The minimum atomic E-state index is -1.33. The Balaban J connectivity index is 2.03. The summed E-state index contributed by atoms with van der Waals surface area (Å²) in [5.41, 5.74) is 0.951. The Kier molecular flexibility index (Phi) is 5.14. The fourth-order valence-corrected chi connectivity index (χ4v) is 2.51. The number of hydrogen-bond donors (Lipinski definition) is 1. The lowest BCUT2D eigenvalue weighted by atomic mass is 9.89. The van der Waals surface area contributed by atoms with Gasteiger partial charge in [0.15, 0.2) is 11.7 Å². The van der Waals surface area contributed by atoms with Crippen molar-refractivity contribution in [3.8, 4) is 5.75 Å². The lowest BCUT2D eigenvalue weighted by Gasteiger charge is -2.27. The van der Waals surface area contributed by atoms with Gasteiger partial charge >= 0.3 is 5.97 Å². The number of nitrogens with one attached hydrogen (secondary N) is 1. The van der Waals surface area contributed by atoms with Crippen LogP contribution in [0.25, 0.3) is 0 Å². The molecular formula is C16H19NO5. The first-order valence-electron chi connectivity index (χ1n) is 7.17. The van der Waals surface area contributed by atoms with E-state index in [4.69, 9.17) is 9.47 Å². The number of benzene rings is 1. The molecule has 2 rings (SSSR count). The summed E-state index contributed by atoms with van der Waals surface area (Å²) in [6, 6.07) is 7.11. The van der Waals surface area contributed by atoms with E-state index in [1.807, 2.05) is 24.3 Å². The predicted molar refractivity (Wildman–Crippen MR) is 78.4 cm³/mol. The highest BCUT2D eigenvalue weighted by Gasteiger charge is 2.41. The van der Waals surface area contributed by atoms with Gasteiger partial charge in [-0.25, -0.2) is 0 Å². The number of carbonyl (C=O) groups is 3. The molecule has 6 nitrogen and oxygen atoms in total. The average Bonchev–Trinajstić information content (AvgIpc) is 2.47. The van der Waals surface area contributed by atoms with Crippen LogP contribution in [-0.2, 0) is 25.5 Å². The molecule has 0 saturated carbocycles. The maximum atomic E-state index is 12.1. The summed E-state index contributed by atoms with van der Waals surface area (Å²) in [6.45, 7) is 1.78. The second-order valence-electron chi connectivity index (χ2n) is 5.12. The molecule has 1 aromatic rings. The summed E-state index contributed by atoms with van der Waals surface area (Å²) in [4.78, 5) is 35.7. The van der Waals surface area contributed by atoms with Crippen LogP contribution >= 0.6 is 0 Å². The number of carbonyl (C=O) groups excluding carboxylic acids is 3. The average molecular weight is 305 g/mol. The number of ether oxygens (including phenoxy) is 2. The first kappa shape index (κ1) is 16.0. The highest BCUT2D eigenvalue weighted by Crippen LogP contribution is 2.19. The quantitative estimate of drug-likeness (QED) is 0.645. The summed E-state index contributed by atoms with van der Waals surface area (Å²) in [5.74, 6) is -2.36. The lowest BCUT2D eigenvalue weighted by Crippen LogP contribution is -2.52. The molecule has 1 heterocycles. The van der Waals surface area contributed by atoms with Gasteiger partial charge < -0.3 is 14.8 Å². The van der Waals surface area contributed by atoms with Crippen molar-refractivity contribution in [2.75, 3.05) is 13.7 Å². The highest BCUT2D eigenvalue weighted by molar-refractivity contribution is 6.18. The van der Waals surface area contributed by atoms with Crippen molar-refractivity contribution in [2.45, 2.75) is 25.8 Å². The molecular weight excluding hydrogens is 286 g/mol. The number of piperidine rings is 1. The van der Waals surface area contributed by atoms with E-state index in [2.05, 4.69) is 5.32 Å². The second kappa shape index (κ2) is 7.06. The third-order valence-electron chi connectivity index (χ3n) is 3.52. The minimum absolute atomic E-state index is 0.117. The summed E-state index contributed by atoms with van der Waals surface area (Å²) < 4.78 is 9.92. The topological polar surface area (TPSA) is 81.7 Å². The largest absolute Gasteiger partial charge is 0.497 e. The number of Topliss-reactive ketones (excluding diaryl/α,β-unsaturated/α-hetero) is 1. The van der Waals surface area contributed by atoms with Gasteiger partial charge in [-0.1, -0.05) is 12.1 Å². The van der Waals surface area contributed by atoms with Gasteiger partial charge in [-0.3, -0.25) is 14.4 Å². The number of amides is 1. The van der Waals surface area contributed by atoms with Gasteiger partial charge in [0.1, 0.15) is 5.75 Å². The third kappa shape index (κ3) is 3.63. The van der Waals surface area contributed by atoms with Crippen molar-refractivity contribution in [3.63, 3.8) is 0 Å². The van der Waals surface area contributed by atoms with Gasteiger partial charge in [-0.15, -0.1) is 0 Å². The molecule has 1 amide bonds. The zero-order valence-electron chi connectivity index (χ0n) is 12.6. The molecule has 1 aliphatic rings. The van der Waals surface area contributed by atoms with Crippen molar-refractivity contribution < 1.29 is 23.9 Å². The van der Waals surface area contributed by atoms with E-state index in [-0.39, 0.29) is 19.1 Å². The van der Waals surface area contributed by atoms with Crippen LogP contribution < -0.4 is 10.1 Å². The normalized spacial score (nSPS) is 21.2. The van der Waals surface area contributed by atoms with Crippen molar-refractivity contribution in [2.24, 2.45) is 5.92 Å². The molecule has 1 N–H and O–H groups in total. The molecule has 0 radical (unpaired) electrons. The van der Waals surface area contributed by atoms with Gasteiger partial charge in [0.25, 0.3) is 0 Å². The van der Waals surface area contributed by atoms with Crippen LogP contribution in [0.2, 0.25) is 0 Å². The highest BCUT2D eigenvalue weighted by atomic mass is 16.5. The fraction of sp³-hybridized carbons (Fsp3) is 0.438. The van der Waals surface area contributed by atoms with Crippen LogP contribution in [0.5, 0.6) is 5.75 Å². The Morgan fingerprint density at radius 1 is 1.36 bits per heavy atom. The monoisotopic (exact) mass is 305 g/mol. The lowest BCUT2D eigenvalue weighted by molar-refractivity contribution is -0.157. The van der Waals surface area contributed by atoms with E-state index in [0.29, 0.717) is 6.42 Å². The molecule has 2 atom stereocenters. The van der Waals surface area contributed by atoms with E-state index in [1.165, 1.54) is 0 Å². The standard InChI is InChI=1S/C16H19NO5/c1-3-22-16(20)14-13(18)9-11(17-15(14)19)7-10-5-4-6-12(8-10)21-2/h4-6,8,11,14H,3,7,9H2,1-2H3,(H,17,19). The molecule has 0 bridgehead atoms. The first-order chi connectivity index (χ1) is 10.5. The summed E-state index contributed by atoms with van der Waals surface area (Å²) in [7, 11) is 1.58. The Morgan fingerprint density at radius 2 is 2.14 bits per heavy atom. The molecule has 1 aliphatic heterocycles. The Hall–Kier alpha value is -2.37. The van der Waals surface area contributed by atoms with Gasteiger partial charge in [-0.2, -0.15) is 0 Å². The molecule has 118 valence electrons. The van der Waals surface area contributed by atoms with Crippen LogP contribution in [0.1, 0.15) is 18.9 Å². The third-order valence-corrected chi connectivity index (χ3v) is 3.52. The van der Waals surface area contributed by atoms with E-state index < -0.39 is 23.6 Å². The Morgan fingerprint density at radius 3 is 2.77 bits per heavy atom. The molecule has 22 heavy (non-hydrogen) atoms. The molecule has 1 fully saturated rings. The zero-order chi connectivity index (χ0) is 16.1. The maximum Gasteiger partial charge on any atom is 0.326 e. The zero-order valence-corrected chi connectivity index (χ0v) is 12.6. The summed E-state index contributed by atoms with van der Waals surface area (Å²) >= 11 is 0. The van der Waals surface area contributed by atoms with E-state index in [0.717, 1.165) is 11.3 Å². The van der Waals surface area contributed by atoms with Gasteiger partial charge in [0.2, 0.25) is 5.91 Å². The van der Waals surface area contributed by atoms with Crippen molar-refractivity contribution in [3.05, 3.63) is 29.8 Å². The number of hydrogen-bond acceptors (Lipinski definition) is 5. The molecule has 1 saturated heterocycles. The fourth-order valence-electron chi connectivity index (χ4n) is 2.51. The van der Waals surface area contributed by atoms with Crippen LogP contribution in [-0.4, -0.2) is 37.4 Å². The van der Waals surface area contributed by atoms with Crippen LogP contribution in [0.15, 0.2) is 24.3 Å². The Labute approximate surface area is 128 Å². The SMILES string of the molecule is CCOC(=O)C1C(=O)CC(Cc2cccc(OC)c2)NC1=O. The van der Waals surface area contributed by atoms with Crippen LogP contribution in [0.3, 0.4) is 0 Å². The predicted octanol–water partition coefficient (Wildman–Crippen LogP) is 0.875. The van der Waals surface area contributed by atoms with Gasteiger partial charge in [0, 0.05) is 12.5 Å². The number of methoxy groups -OCH3 is 1. The molecule has 6 heteroatoms. The molecule has 2 unspecified atom stereocenters. The first-order valence-corrected chi connectivity index (χ1v) is 7.17. The van der Waals surface area contributed by atoms with Crippen LogP contribution in [0.4, 0.5) is 0 Å². The molecule has 0 aromatic heterocycles. The van der Waals surface area contributed by atoms with E-state index in [9.17, 15) is 14.4 Å². The van der Waals surface area contributed by atoms with Gasteiger partial charge in [-0.05, 0) is 31.0 Å². The van der Waals surface area contributed by atoms with Crippen molar-refractivity contribution in [1.82, 2.24) is 5.32 Å². The van der Waals surface area contributed by atoms with Crippen molar-refractivity contribution in [1.29, 1.82) is 0 Å². The number of rotatable bonds is 5.